The minimum Gasteiger partial charge on any atom is -0.481 e. The number of hydrogen-bond donors (Lipinski definition) is 3. The molecule has 2 amide bonds. The van der Waals surface area contributed by atoms with Crippen LogP contribution in [0.4, 0.5) is 0 Å². The minimum atomic E-state index is -0.934. The summed E-state index contributed by atoms with van der Waals surface area (Å²) in [6.07, 6.45) is 2.85. The second-order valence-corrected chi connectivity index (χ2v) is 5.61. The van der Waals surface area contributed by atoms with Crippen molar-refractivity contribution in [3.63, 3.8) is 0 Å². The lowest BCUT2D eigenvalue weighted by atomic mass is 10.0. The Labute approximate surface area is 145 Å². The zero-order chi connectivity index (χ0) is 18.2. The maximum atomic E-state index is 12.4. The maximum Gasteiger partial charge on any atom is 0.303 e. The summed E-state index contributed by atoms with van der Waals surface area (Å²) in [5.41, 5.74) is 1.13. The normalized spacial score (nSPS) is 12.8. The molecule has 7 nitrogen and oxygen atoms in total. The zero-order valence-corrected chi connectivity index (χ0v) is 13.8. The van der Waals surface area contributed by atoms with Gasteiger partial charge in [0.1, 0.15) is 12.3 Å². The van der Waals surface area contributed by atoms with Gasteiger partial charge in [-0.25, -0.2) is 0 Å². The van der Waals surface area contributed by atoms with Crippen LogP contribution in [-0.4, -0.2) is 28.9 Å². The second-order valence-electron chi connectivity index (χ2n) is 5.61. The van der Waals surface area contributed by atoms with Crippen LogP contribution in [0.15, 0.2) is 53.3 Å². The van der Waals surface area contributed by atoms with Gasteiger partial charge in [0.15, 0.2) is 0 Å². The van der Waals surface area contributed by atoms with Gasteiger partial charge in [-0.2, -0.15) is 0 Å². The number of furan rings is 1. The Kier molecular flexibility index (Phi) is 6.33. The lowest BCUT2D eigenvalue weighted by Gasteiger charge is -2.21. The molecule has 0 aliphatic carbocycles. The number of rotatable bonds is 8. The standard InChI is InChI=1S/C18H20N2O5/c1-12(19-18(24)14-9-10-25-11-14)17(23)20-15(7-8-16(21)22)13-5-3-2-4-6-13/h2-6,9-12,15H,7-8H2,1H3,(H,19,24)(H,20,23)(H,21,22). The van der Waals surface area contributed by atoms with Crippen LogP contribution >= 0.6 is 0 Å². The SMILES string of the molecule is CC(NC(=O)c1ccoc1)C(=O)NC(CCC(=O)O)c1ccccc1. The molecule has 132 valence electrons. The Balaban J connectivity index is 2.00. The molecule has 0 spiro atoms. The van der Waals surface area contributed by atoms with Crippen LogP contribution < -0.4 is 10.6 Å². The molecule has 1 aromatic heterocycles. The fourth-order valence-electron chi connectivity index (χ4n) is 2.31. The van der Waals surface area contributed by atoms with Crippen molar-refractivity contribution < 1.29 is 23.9 Å². The quantitative estimate of drug-likeness (QED) is 0.680. The van der Waals surface area contributed by atoms with Crippen LogP contribution in [-0.2, 0) is 9.59 Å². The molecule has 0 bridgehead atoms. The number of carboxylic acids is 1. The van der Waals surface area contributed by atoms with Crippen molar-refractivity contribution in [3.05, 3.63) is 60.1 Å². The molecule has 0 radical (unpaired) electrons. The highest BCUT2D eigenvalue weighted by molar-refractivity contribution is 5.97. The molecule has 25 heavy (non-hydrogen) atoms. The van der Waals surface area contributed by atoms with E-state index < -0.39 is 29.9 Å². The van der Waals surface area contributed by atoms with Crippen molar-refractivity contribution in [1.82, 2.24) is 10.6 Å². The van der Waals surface area contributed by atoms with E-state index in [-0.39, 0.29) is 12.8 Å². The highest BCUT2D eigenvalue weighted by Gasteiger charge is 2.21. The number of carbonyl (C=O) groups excluding carboxylic acids is 2. The number of nitrogens with one attached hydrogen (secondary N) is 2. The number of carbonyl (C=O) groups is 3. The first-order valence-electron chi connectivity index (χ1n) is 7.87. The molecule has 2 unspecified atom stereocenters. The Morgan fingerprint density at radius 2 is 1.84 bits per heavy atom. The summed E-state index contributed by atoms with van der Waals surface area (Å²) in [4.78, 5) is 35.2. The number of hydrogen-bond acceptors (Lipinski definition) is 4. The average Bonchev–Trinajstić information content (AvgIpc) is 3.13. The van der Waals surface area contributed by atoms with Crippen molar-refractivity contribution in [1.29, 1.82) is 0 Å². The lowest BCUT2D eigenvalue weighted by Crippen LogP contribution is -2.45. The van der Waals surface area contributed by atoms with E-state index >= 15 is 0 Å². The summed E-state index contributed by atoms with van der Waals surface area (Å²) >= 11 is 0. The third kappa shape index (κ3) is 5.49. The van der Waals surface area contributed by atoms with Gasteiger partial charge in [-0.3, -0.25) is 14.4 Å². The third-order valence-corrected chi connectivity index (χ3v) is 3.69. The first-order chi connectivity index (χ1) is 12.0. The van der Waals surface area contributed by atoms with E-state index in [1.165, 1.54) is 18.6 Å². The summed E-state index contributed by atoms with van der Waals surface area (Å²) in [5, 5.41) is 14.3. The Hall–Kier alpha value is -3.09. The Bertz CT molecular complexity index is 712. The van der Waals surface area contributed by atoms with Crippen LogP contribution in [0, 0.1) is 0 Å². The van der Waals surface area contributed by atoms with Gasteiger partial charge >= 0.3 is 5.97 Å². The molecule has 0 saturated heterocycles. The zero-order valence-electron chi connectivity index (χ0n) is 13.8. The first kappa shape index (κ1) is 18.3. The summed E-state index contributed by atoms with van der Waals surface area (Å²) in [6.45, 7) is 1.56. The van der Waals surface area contributed by atoms with Gasteiger partial charge in [0.2, 0.25) is 5.91 Å². The van der Waals surface area contributed by atoms with Crippen molar-refractivity contribution in [2.24, 2.45) is 0 Å². The van der Waals surface area contributed by atoms with E-state index in [0.717, 1.165) is 5.56 Å². The summed E-state index contributed by atoms with van der Waals surface area (Å²) in [7, 11) is 0. The molecule has 0 aliphatic heterocycles. The predicted octanol–water partition coefficient (Wildman–Crippen LogP) is 2.12. The van der Waals surface area contributed by atoms with Crippen molar-refractivity contribution in [3.8, 4) is 0 Å². The smallest absolute Gasteiger partial charge is 0.303 e. The van der Waals surface area contributed by atoms with Gasteiger partial charge in [0.25, 0.3) is 5.91 Å². The Morgan fingerprint density at radius 3 is 2.44 bits per heavy atom. The van der Waals surface area contributed by atoms with Gasteiger partial charge < -0.3 is 20.2 Å². The molecule has 2 aromatic rings. The van der Waals surface area contributed by atoms with E-state index in [9.17, 15) is 14.4 Å². The maximum absolute atomic E-state index is 12.4. The van der Waals surface area contributed by atoms with Gasteiger partial charge in [0.05, 0.1) is 17.9 Å². The monoisotopic (exact) mass is 344 g/mol. The van der Waals surface area contributed by atoms with Crippen molar-refractivity contribution >= 4 is 17.8 Å². The van der Waals surface area contributed by atoms with Crippen LogP contribution in [0.2, 0.25) is 0 Å². The average molecular weight is 344 g/mol. The topological polar surface area (TPSA) is 109 Å². The highest BCUT2D eigenvalue weighted by Crippen LogP contribution is 2.18. The molecule has 0 aliphatic rings. The fourth-order valence-corrected chi connectivity index (χ4v) is 2.31. The van der Waals surface area contributed by atoms with Crippen LogP contribution in [0.3, 0.4) is 0 Å². The summed E-state index contributed by atoms with van der Waals surface area (Å²) in [6, 6.07) is 9.39. The number of carboxylic acid groups (broad SMARTS) is 1. The molecule has 1 aromatic carbocycles. The first-order valence-corrected chi connectivity index (χ1v) is 7.87. The highest BCUT2D eigenvalue weighted by atomic mass is 16.4. The van der Waals surface area contributed by atoms with Crippen LogP contribution in [0.1, 0.15) is 41.7 Å². The molecular formula is C18H20N2O5. The van der Waals surface area contributed by atoms with Crippen LogP contribution in [0.25, 0.3) is 0 Å². The summed E-state index contributed by atoms with van der Waals surface area (Å²) < 4.78 is 4.84. The van der Waals surface area contributed by atoms with E-state index in [2.05, 4.69) is 10.6 Å². The van der Waals surface area contributed by atoms with Gasteiger partial charge in [0, 0.05) is 6.42 Å². The Morgan fingerprint density at radius 1 is 1.12 bits per heavy atom. The lowest BCUT2D eigenvalue weighted by molar-refractivity contribution is -0.137. The number of benzene rings is 1. The van der Waals surface area contributed by atoms with Gasteiger partial charge in [-0.15, -0.1) is 0 Å². The van der Waals surface area contributed by atoms with E-state index in [1.54, 1.807) is 6.92 Å². The third-order valence-electron chi connectivity index (χ3n) is 3.69. The van der Waals surface area contributed by atoms with E-state index in [4.69, 9.17) is 9.52 Å². The molecular weight excluding hydrogens is 324 g/mol. The van der Waals surface area contributed by atoms with Gasteiger partial charge in [-0.05, 0) is 25.0 Å². The largest absolute Gasteiger partial charge is 0.481 e. The fraction of sp³-hybridized carbons (Fsp3) is 0.278. The van der Waals surface area contributed by atoms with Gasteiger partial charge in [-0.1, -0.05) is 30.3 Å². The van der Waals surface area contributed by atoms with Crippen molar-refractivity contribution in [2.75, 3.05) is 0 Å². The molecule has 3 N–H and O–H groups in total. The van der Waals surface area contributed by atoms with E-state index in [0.29, 0.717) is 5.56 Å². The molecule has 0 saturated carbocycles. The minimum absolute atomic E-state index is 0.0738. The molecule has 2 atom stereocenters. The summed E-state index contributed by atoms with van der Waals surface area (Å²) in [5.74, 6) is -1.74. The molecule has 2 rings (SSSR count). The van der Waals surface area contributed by atoms with Crippen molar-refractivity contribution in [2.45, 2.75) is 31.8 Å². The second kappa shape index (κ2) is 8.68. The predicted molar refractivity (Wildman–Crippen MR) is 89.8 cm³/mol. The molecule has 7 heteroatoms. The number of aliphatic carboxylic acids is 1. The number of amides is 2. The van der Waals surface area contributed by atoms with Crippen LogP contribution in [0.5, 0.6) is 0 Å². The molecule has 1 heterocycles. The molecule has 0 fully saturated rings. The van der Waals surface area contributed by atoms with E-state index in [1.807, 2.05) is 30.3 Å².